The second-order valence-corrected chi connectivity index (χ2v) is 6.29. The molecule has 0 spiro atoms. The highest BCUT2D eigenvalue weighted by Crippen LogP contribution is 2.04. The molecular formula is C15H28N6O6S. The number of amides is 4. The lowest BCUT2D eigenvalue weighted by Crippen LogP contribution is -2.57. The van der Waals surface area contributed by atoms with Crippen LogP contribution in [0, 0.1) is 0 Å². The number of hydrogen-bond acceptors (Lipinski definition) is 8. The minimum absolute atomic E-state index is 0.151. The molecule has 0 aromatic heterocycles. The van der Waals surface area contributed by atoms with Crippen LogP contribution in [0.4, 0.5) is 0 Å². The lowest BCUT2D eigenvalue weighted by atomic mass is 10.1. The highest BCUT2D eigenvalue weighted by atomic mass is 32.1. The van der Waals surface area contributed by atoms with E-state index in [1.165, 1.54) is 0 Å². The van der Waals surface area contributed by atoms with Crippen LogP contribution in [0.5, 0.6) is 0 Å². The number of carbonyl (C=O) groups excluding carboxylic acids is 4. The number of primary amides is 1. The first-order chi connectivity index (χ1) is 13.2. The van der Waals surface area contributed by atoms with Crippen molar-refractivity contribution in [1.82, 2.24) is 16.0 Å². The smallest absolute Gasteiger partial charge is 0.327 e. The maximum atomic E-state index is 12.5. The summed E-state index contributed by atoms with van der Waals surface area (Å²) in [6, 6.07) is -3.67. The van der Waals surface area contributed by atoms with Crippen LogP contribution in [0.1, 0.15) is 25.7 Å². The van der Waals surface area contributed by atoms with E-state index in [9.17, 15) is 24.0 Å². The summed E-state index contributed by atoms with van der Waals surface area (Å²) < 4.78 is 0. The third kappa shape index (κ3) is 10.1. The Morgan fingerprint density at radius 1 is 0.893 bits per heavy atom. The Hall–Kier alpha value is -2.38. The van der Waals surface area contributed by atoms with Crippen molar-refractivity contribution >= 4 is 42.2 Å². The topological polar surface area (TPSA) is 220 Å². The average molecular weight is 420 g/mol. The predicted octanol–water partition coefficient (Wildman–Crippen LogP) is -3.58. The van der Waals surface area contributed by atoms with Gasteiger partial charge < -0.3 is 38.3 Å². The molecule has 0 saturated carbocycles. The molecule has 12 nitrogen and oxygen atoms in total. The average Bonchev–Trinajstić information content (AvgIpc) is 2.63. The molecule has 0 aliphatic carbocycles. The van der Waals surface area contributed by atoms with Crippen LogP contribution < -0.4 is 33.2 Å². The van der Waals surface area contributed by atoms with Gasteiger partial charge in [-0.3, -0.25) is 19.2 Å². The zero-order chi connectivity index (χ0) is 21.7. The van der Waals surface area contributed by atoms with E-state index in [4.69, 9.17) is 22.3 Å². The van der Waals surface area contributed by atoms with Gasteiger partial charge in [0.25, 0.3) is 0 Å². The van der Waals surface area contributed by atoms with Crippen molar-refractivity contribution in [3.8, 4) is 0 Å². The monoisotopic (exact) mass is 420 g/mol. The van der Waals surface area contributed by atoms with Crippen LogP contribution in [0.25, 0.3) is 0 Å². The third-order valence-electron chi connectivity index (χ3n) is 3.62. The van der Waals surface area contributed by atoms with E-state index in [2.05, 4.69) is 28.6 Å². The van der Waals surface area contributed by atoms with Gasteiger partial charge in [0.05, 0.1) is 13.0 Å². The Morgan fingerprint density at radius 2 is 1.46 bits per heavy atom. The second-order valence-electron chi connectivity index (χ2n) is 5.92. The number of carboxylic acids is 1. The van der Waals surface area contributed by atoms with Gasteiger partial charge in [0.2, 0.25) is 23.6 Å². The molecule has 160 valence electrons. The number of hydrogen-bond donors (Lipinski definition) is 8. The Morgan fingerprint density at radius 3 is 1.93 bits per heavy atom. The fourth-order valence-electron chi connectivity index (χ4n) is 2.16. The maximum absolute atomic E-state index is 12.5. The highest BCUT2D eigenvalue weighted by molar-refractivity contribution is 7.80. The number of carboxylic acid groups (broad SMARTS) is 1. The van der Waals surface area contributed by atoms with Crippen molar-refractivity contribution in [2.45, 2.75) is 43.8 Å². The maximum Gasteiger partial charge on any atom is 0.327 e. The fraction of sp³-hybridized carbons (Fsp3) is 0.667. The SMILES string of the molecule is NCCCCC(NC(=O)C(CC(N)=O)NC(=O)CN)C(=O)NC(CS)C(=O)O. The molecule has 28 heavy (non-hydrogen) atoms. The van der Waals surface area contributed by atoms with Crippen LogP contribution in [0.2, 0.25) is 0 Å². The number of unbranched alkanes of at least 4 members (excludes halogenated alkanes) is 1. The van der Waals surface area contributed by atoms with Crippen LogP contribution in [0.3, 0.4) is 0 Å². The molecule has 3 unspecified atom stereocenters. The third-order valence-corrected chi connectivity index (χ3v) is 3.98. The molecule has 0 bridgehead atoms. The van der Waals surface area contributed by atoms with Crippen LogP contribution >= 0.6 is 12.6 Å². The van der Waals surface area contributed by atoms with Crippen LogP contribution in [0.15, 0.2) is 0 Å². The van der Waals surface area contributed by atoms with Gasteiger partial charge in [-0.15, -0.1) is 0 Å². The van der Waals surface area contributed by atoms with Crippen molar-refractivity contribution in [2.24, 2.45) is 17.2 Å². The predicted molar refractivity (Wildman–Crippen MR) is 103 cm³/mol. The quantitative estimate of drug-likeness (QED) is 0.103. The van der Waals surface area contributed by atoms with E-state index in [0.29, 0.717) is 19.4 Å². The highest BCUT2D eigenvalue weighted by Gasteiger charge is 2.29. The molecule has 0 fully saturated rings. The first kappa shape index (κ1) is 25.6. The second kappa shape index (κ2) is 13.7. The number of rotatable bonds is 14. The standard InChI is InChI=1S/C15H28N6O6S/c16-4-2-1-3-8(13(24)21-10(7-28)15(26)27)20-14(25)9(5-11(18)22)19-12(23)6-17/h8-10,28H,1-7,16-17H2,(H2,18,22)(H,19,23)(H,20,25)(H,21,24)(H,26,27). The lowest BCUT2D eigenvalue weighted by Gasteiger charge is -2.23. The Balaban J connectivity index is 5.26. The van der Waals surface area contributed by atoms with Crippen molar-refractivity contribution in [3.05, 3.63) is 0 Å². The summed E-state index contributed by atoms with van der Waals surface area (Å²) in [6.45, 7) is -0.0429. The van der Waals surface area contributed by atoms with Gasteiger partial charge in [-0.1, -0.05) is 0 Å². The minimum Gasteiger partial charge on any atom is -0.480 e. The van der Waals surface area contributed by atoms with E-state index in [1.807, 2.05) is 0 Å². The van der Waals surface area contributed by atoms with Gasteiger partial charge in [0.15, 0.2) is 0 Å². The fourth-order valence-corrected chi connectivity index (χ4v) is 2.40. The van der Waals surface area contributed by atoms with Gasteiger partial charge in [0, 0.05) is 5.75 Å². The van der Waals surface area contributed by atoms with Crippen molar-refractivity contribution < 1.29 is 29.1 Å². The molecule has 4 amide bonds. The minimum atomic E-state index is -1.32. The summed E-state index contributed by atoms with van der Waals surface area (Å²) in [6.07, 6.45) is 0.719. The summed E-state index contributed by atoms with van der Waals surface area (Å²) in [5.74, 6) is -4.53. The number of carbonyl (C=O) groups is 5. The summed E-state index contributed by atoms with van der Waals surface area (Å²) in [4.78, 5) is 58.6. The van der Waals surface area contributed by atoms with Gasteiger partial charge in [-0.05, 0) is 25.8 Å². The van der Waals surface area contributed by atoms with E-state index in [0.717, 1.165) is 0 Å². The summed E-state index contributed by atoms with van der Waals surface area (Å²) in [5, 5.41) is 16.0. The summed E-state index contributed by atoms with van der Waals surface area (Å²) in [5.41, 5.74) is 15.7. The largest absolute Gasteiger partial charge is 0.480 e. The Kier molecular flexibility index (Phi) is 12.6. The van der Waals surface area contributed by atoms with Gasteiger partial charge in [-0.25, -0.2) is 4.79 Å². The Bertz CT molecular complexity index is 575. The summed E-state index contributed by atoms with van der Waals surface area (Å²) >= 11 is 3.86. The van der Waals surface area contributed by atoms with E-state index >= 15 is 0 Å². The van der Waals surface area contributed by atoms with Crippen molar-refractivity contribution in [3.63, 3.8) is 0 Å². The molecule has 0 saturated heterocycles. The first-order valence-electron chi connectivity index (χ1n) is 8.58. The molecule has 10 N–H and O–H groups in total. The van der Waals surface area contributed by atoms with E-state index in [-0.39, 0.29) is 12.2 Å². The molecule has 0 radical (unpaired) electrons. The van der Waals surface area contributed by atoms with Gasteiger partial charge in [0.1, 0.15) is 18.1 Å². The molecule has 3 atom stereocenters. The van der Waals surface area contributed by atoms with Crippen LogP contribution in [-0.4, -0.2) is 71.7 Å². The molecule has 13 heteroatoms. The zero-order valence-electron chi connectivity index (χ0n) is 15.3. The molecule has 0 aromatic carbocycles. The van der Waals surface area contributed by atoms with E-state index in [1.54, 1.807) is 0 Å². The molecule has 0 rings (SSSR count). The number of thiol groups is 1. The molecule has 0 aliphatic rings. The van der Waals surface area contributed by atoms with Crippen LogP contribution in [-0.2, 0) is 24.0 Å². The van der Waals surface area contributed by atoms with Gasteiger partial charge in [-0.2, -0.15) is 12.6 Å². The molecule has 0 heterocycles. The first-order valence-corrected chi connectivity index (χ1v) is 9.21. The molecular weight excluding hydrogens is 392 g/mol. The zero-order valence-corrected chi connectivity index (χ0v) is 16.2. The number of nitrogens with two attached hydrogens (primary N) is 3. The van der Waals surface area contributed by atoms with Gasteiger partial charge >= 0.3 is 5.97 Å². The van der Waals surface area contributed by atoms with E-state index < -0.39 is 60.7 Å². The lowest BCUT2D eigenvalue weighted by molar-refractivity contribution is -0.141. The summed E-state index contributed by atoms with van der Waals surface area (Å²) in [7, 11) is 0. The number of aliphatic carboxylic acids is 1. The molecule has 0 aromatic rings. The normalized spacial score (nSPS) is 13.7. The number of nitrogens with one attached hydrogen (secondary N) is 3. The molecule has 0 aliphatic heterocycles. The van der Waals surface area contributed by atoms with Crippen molar-refractivity contribution in [1.29, 1.82) is 0 Å². The van der Waals surface area contributed by atoms with Crippen molar-refractivity contribution in [2.75, 3.05) is 18.8 Å². The Labute approximate surface area is 167 Å².